The number of ether oxygens (including phenoxy) is 2. The minimum atomic E-state index is -0.373. The first-order valence-corrected chi connectivity index (χ1v) is 12.8. The Morgan fingerprint density at radius 3 is 2.41 bits per heavy atom. The summed E-state index contributed by atoms with van der Waals surface area (Å²) in [6.45, 7) is 7.67. The van der Waals surface area contributed by atoms with Crippen LogP contribution in [0, 0.1) is 6.92 Å². The number of hydrogen-bond donors (Lipinski definition) is 0. The molecule has 0 fully saturated rings. The highest BCUT2D eigenvalue weighted by atomic mass is 16.5. The van der Waals surface area contributed by atoms with E-state index >= 15 is 0 Å². The van der Waals surface area contributed by atoms with E-state index in [1.807, 2.05) is 67.3 Å². The Bertz CT molecular complexity index is 1110. The fraction of sp³-hybridized carbons (Fsp3) is 0.400. The fourth-order valence-corrected chi connectivity index (χ4v) is 4.17. The maximum atomic E-state index is 13.6. The van der Waals surface area contributed by atoms with Gasteiger partial charge in [-0.1, -0.05) is 42.5 Å². The van der Waals surface area contributed by atoms with E-state index in [0.29, 0.717) is 45.0 Å². The van der Waals surface area contributed by atoms with Crippen molar-refractivity contribution in [2.24, 2.45) is 0 Å². The van der Waals surface area contributed by atoms with Gasteiger partial charge in [0.2, 0.25) is 5.91 Å². The number of rotatable bonds is 15. The van der Waals surface area contributed by atoms with Crippen LogP contribution in [0.25, 0.3) is 0 Å². The molecule has 1 heterocycles. The summed E-state index contributed by atoms with van der Waals surface area (Å²) in [5, 5.41) is 0. The summed E-state index contributed by atoms with van der Waals surface area (Å²) in [6.07, 6.45) is 1.57. The molecule has 0 bridgehead atoms. The van der Waals surface area contributed by atoms with Crippen LogP contribution < -0.4 is 0 Å². The first-order valence-electron chi connectivity index (χ1n) is 12.8. The third-order valence-electron chi connectivity index (χ3n) is 6.09. The molecule has 0 N–H and O–H groups in total. The molecule has 3 rings (SSSR count). The van der Waals surface area contributed by atoms with Crippen LogP contribution in [0.1, 0.15) is 46.3 Å². The van der Waals surface area contributed by atoms with Gasteiger partial charge in [0.05, 0.1) is 25.8 Å². The minimum Gasteiger partial charge on any atom is -0.465 e. The average Bonchev–Trinajstić information content (AvgIpc) is 3.33. The van der Waals surface area contributed by atoms with Crippen molar-refractivity contribution in [3.8, 4) is 0 Å². The Labute approximate surface area is 220 Å². The lowest BCUT2D eigenvalue weighted by Gasteiger charge is -2.27. The number of nitrogens with zero attached hydrogens (tertiary/aromatic N) is 2. The van der Waals surface area contributed by atoms with E-state index in [1.54, 1.807) is 6.07 Å². The summed E-state index contributed by atoms with van der Waals surface area (Å²) in [5.74, 6) is 1.26. The van der Waals surface area contributed by atoms with Gasteiger partial charge in [-0.05, 0) is 62.1 Å². The van der Waals surface area contributed by atoms with Crippen molar-refractivity contribution in [2.75, 3.05) is 40.0 Å². The lowest BCUT2D eigenvalue weighted by molar-refractivity contribution is -0.133. The van der Waals surface area contributed by atoms with Gasteiger partial charge in [0.1, 0.15) is 11.5 Å². The topological polar surface area (TPSA) is 72.2 Å². The number of benzene rings is 2. The Kier molecular flexibility index (Phi) is 11.4. The van der Waals surface area contributed by atoms with Gasteiger partial charge in [-0.25, -0.2) is 4.79 Å². The van der Waals surface area contributed by atoms with Gasteiger partial charge in [0.15, 0.2) is 0 Å². The molecular formula is C30H38N2O5. The zero-order valence-corrected chi connectivity index (χ0v) is 22.2. The maximum Gasteiger partial charge on any atom is 0.337 e. The molecule has 0 saturated carbocycles. The van der Waals surface area contributed by atoms with Gasteiger partial charge in [0.25, 0.3) is 0 Å². The fourth-order valence-electron chi connectivity index (χ4n) is 4.17. The number of amides is 1. The standard InChI is InChI=1S/C30H38N2O5/c1-4-36-19-9-17-31(21-26-12-8-13-27(20-26)30(34)35-3)23-29(33)32(22-28-15-14-24(2)37-28)18-16-25-10-6-5-7-11-25/h5-8,10-15,20H,4,9,16-19,21-23H2,1-3H3. The molecule has 7 nitrogen and oxygen atoms in total. The SMILES string of the molecule is CCOCCCN(CC(=O)N(CCc1ccccc1)Cc1ccc(C)o1)Cc1cccc(C(=O)OC)c1. The van der Waals surface area contributed by atoms with E-state index in [1.165, 1.54) is 12.7 Å². The number of carbonyl (C=O) groups excluding carboxylic acids is 2. The summed E-state index contributed by atoms with van der Waals surface area (Å²) in [7, 11) is 1.37. The number of carbonyl (C=O) groups is 2. The lowest BCUT2D eigenvalue weighted by Crippen LogP contribution is -2.41. The zero-order chi connectivity index (χ0) is 26.5. The van der Waals surface area contributed by atoms with Crippen LogP contribution >= 0.6 is 0 Å². The highest BCUT2D eigenvalue weighted by molar-refractivity contribution is 5.89. The molecular weight excluding hydrogens is 468 g/mol. The van der Waals surface area contributed by atoms with Crippen LogP contribution in [0.3, 0.4) is 0 Å². The minimum absolute atomic E-state index is 0.0329. The van der Waals surface area contributed by atoms with E-state index in [4.69, 9.17) is 13.9 Å². The molecule has 3 aromatic rings. The van der Waals surface area contributed by atoms with Crippen LogP contribution in [0.2, 0.25) is 0 Å². The second-order valence-electron chi connectivity index (χ2n) is 9.02. The van der Waals surface area contributed by atoms with Crippen LogP contribution in [0.4, 0.5) is 0 Å². The number of hydrogen-bond acceptors (Lipinski definition) is 6. The van der Waals surface area contributed by atoms with Crippen molar-refractivity contribution in [3.63, 3.8) is 0 Å². The summed E-state index contributed by atoms with van der Waals surface area (Å²) in [5.41, 5.74) is 2.63. The van der Waals surface area contributed by atoms with Crippen molar-refractivity contribution in [3.05, 3.63) is 94.9 Å². The zero-order valence-electron chi connectivity index (χ0n) is 22.2. The molecule has 2 aromatic carbocycles. The Morgan fingerprint density at radius 1 is 0.919 bits per heavy atom. The molecule has 0 aliphatic carbocycles. The van der Waals surface area contributed by atoms with E-state index in [0.717, 1.165) is 29.9 Å². The maximum absolute atomic E-state index is 13.6. The second kappa shape index (κ2) is 15.0. The average molecular weight is 507 g/mol. The van der Waals surface area contributed by atoms with Crippen molar-refractivity contribution < 1.29 is 23.5 Å². The Balaban J connectivity index is 1.73. The van der Waals surface area contributed by atoms with Crippen molar-refractivity contribution in [1.82, 2.24) is 9.80 Å². The predicted molar refractivity (Wildman–Crippen MR) is 143 cm³/mol. The van der Waals surface area contributed by atoms with Crippen molar-refractivity contribution in [2.45, 2.75) is 39.8 Å². The Hall–Kier alpha value is -3.42. The molecule has 7 heteroatoms. The van der Waals surface area contributed by atoms with E-state index in [9.17, 15) is 9.59 Å². The van der Waals surface area contributed by atoms with Gasteiger partial charge in [-0.2, -0.15) is 0 Å². The van der Waals surface area contributed by atoms with Gasteiger partial charge in [-0.3, -0.25) is 9.69 Å². The van der Waals surface area contributed by atoms with Gasteiger partial charge >= 0.3 is 5.97 Å². The predicted octanol–water partition coefficient (Wildman–Crippen LogP) is 4.87. The van der Waals surface area contributed by atoms with Crippen LogP contribution in [-0.4, -0.2) is 61.6 Å². The normalized spacial score (nSPS) is 11.0. The molecule has 198 valence electrons. The molecule has 1 amide bonds. The summed E-state index contributed by atoms with van der Waals surface area (Å²) in [4.78, 5) is 29.6. The third-order valence-corrected chi connectivity index (χ3v) is 6.09. The van der Waals surface area contributed by atoms with Crippen molar-refractivity contribution >= 4 is 11.9 Å². The number of aryl methyl sites for hydroxylation is 1. The van der Waals surface area contributed by atoms with Crippen molar-refractivity contribution in [1.29, 1.82) is 0 Å². The summed E-state index contributed by atoms with van der Waals surface area (Å²) < 4.78 is 16.2. The summed E-state index contributed by atoms with van der Waals surface area (Å²) >= 11 is 0. The van der Waals surface area contributed by atoms with Crippen LogP contribution in [0.15, 0.2) is 71.1 Å². The van der Waals surface area contributed by atoms with Gasteiger partial charge in [-0.15, -0.1) is 0 Å². The molecule has 1 aromatic heterocycles. The highest BCUT2D eigenvalue weighted by Crippen LogP contribution is 2.14. The van der Waals surface area contributed by atoms with Crippen LogP contribution in [-0.2, 0) is 33.8 Å². The molecule has 0 unspecified atom stereocenters. The molecule has 37 heavy (non-hydrogen) atoms. The molecule has 0 atom stereocenters. The Morgan fingerprint density at radius 2 is 1.70 bits per heavy atom. The first kappa shape index (κ1) is 28.2. The van der Waals surface area contributed by atoms with E-state index < -0.39 is 0 Å². The molecule has 0 radical (unpaired) electrons. The first-order chi connectivity index (χ1) is 18.0. The number of methoxy groups -OCH3 is 1. The smallest absolute Gasteiger partial charge is 0.337 e. The molecule has 0 aliphatic rings. The number of esters is 1. The molecule has 0 aliphatic heterocycles. The van der Waals surface area contributed by atoms with E-state index in [2.05, 4.69) is 17.0 Å². The molecule has 0 spiro atoms. The third kappa shape index (κ3) is 9.52. The van der Waals surface area contributed by atoms with Gasteiger partial charge in [0, 0.05) is 32.8 Å². The quantitative estimate of drug-likeness (QED) is 0.216. The lowest BCUT2D eigenvalue weighted by atomic mass is 10.1. The van der Waals surface area contributed by atoms with E-state index in [-0.39, 0.29) is 18.4 Å². The van der Waals surface area contributed by atoms with Crippen LogP contribution in [0.5, 0.6) is 0 Å². The largest absolute Gasteiger partial charge is 0.465 e. The second-order valence-corrected chi connectivity index (χ2v) is 9.02. The monoisotopic (exact) mass is 506 g/mol. The highest BCUT2D eigenvalue weighted by Gasteiger charge is 2.20. The summed E-state index contributed by atoms with van der Waals surface area (Å²) in [6, 6.07) is 21.4. The van der Waals surface area contributed by atoms with Gasteiger partial charge < -0.3 is 18.8 Å². The number of furan rings is 1. The molecule has 0 saturated heterocycles.